The van der Waals surface area contributed by atoms with Crippen LogP contribution in [-0.4, -0.2) is 38.5 Å². The summed E-state index contributed by atoms with van der Waals surface area (Å²) in [7, 11) is -3.11. The van der Waals surface area contributed by atoms with Crippen LogP contribution in [0.25, 0.3) is 0 Å². The number of guanidine groups is 1. The first kappa shape index (κ1) is 14.3. The van der Waals surface area contributed by atoms with Crippen LogP contribution in [0.2, 0.25) is 0 Å². The second-order valence-electron chi connectivity index (χ2n) is 5.41. The van der Waals surface area contributed by atoms with Gasteiger partial charge in [0.15, 0.2) is 15.8 Å². The van der Waals surface area contributed by atoms with E-state index in [0.717, 1.165) is 6.54 Å². The van der Waals surface area contributed by atoms with Crippen molar-refractivity contribution < 1.29 is 8.42 Å². The quantitative estimate of drug-likeness (QED) is 0.558. The molecule has 1 rings (SSSR count). The van der Waals surface area contributed by atoms with Gasteiger partial charge in [0.25, 0.3) is 0 Å². The molecule has 0 heterocycles. The monoisotopic (exact) mass is 261 g/mol. The lowest BCUT2D eigenvalue weighted by atomic mass is 9.85. The third-order valence-electron chi connectivity index (χ3n) is 3.43. The molecule has 0 amide bonds. The van der Waals surface area contributed by atoms with Crippen LogP contribution in [-0.2, 0) is 9.84 Å². The van der Waals surface area contributed by atoms with Crippen LogP contribution >= 0.6 is 0 Å². The molecule has 3 N–H and O–H groups in total. The van der Waals surface area contributed by atoms with E-state index in [-0.39, 0.29) is 6.54 Å². The van der Waals surface area contributed by atoms with Gasteiger partial charge in [0.05, 0.1) is 11.3 Å². The molecule has 0 radical (unpaired) electrons. The van der Waals surface area contributed by atoms with E-state index in [2.05, 4.69) is 10.3 Å². The Kier molecular flexibility index (Phi) is 4.41. The molecule has 17 heavy (non-hydrogen) atoms. The van der Waals surface area contributed by atoms with Crippen LogP contribution in [0.1, 0.15) is 33.1 Å². The molecule has 1 aliphatic rings. The number of hydrogen-bond acceptors (Lipinski definition) is 3. The average Bonchev–Trinajstić information content (AvgIpc) is 2.10. The molecule has 6 heteroatoms. The van der Waals surface area contributed by atoms with E-state index in [0.29, 0.717) is 11.9 Å². The second-order valence-corrected chi connectivity index (χ2v) is 8.06. The maximum absolute atomic E-state index is 11.5. The van der Waals surface area contributed by atoms with Crippen molar-refractivity contribution in [3.63, 3.8) is 0 Å². The molecule has 0 bridgehead atoms. The summed E-state index contributed by atoms with van der Waals surface area (Å²) in [5, 5.41) is 3.04. The third kappa shape index (κ3) is 4.18. The van der Waals surface area contributed by atoms with Crippen molar-refractivity contribution in [2.75, 3.05) is 19.3 Å². The Bertz CT molecular complexity index is 384. The highest BCUT2D eigenvalue weighted by Crippen LogP contribution is 2.25. The fourth-order valence-corrected chi connectivity index (χ4v) is 1.69. The van der Waals surface area contributed by atoms with Gasteiger partial charge in [-0.2, -0.15) is 0 Å². The molecule has 1 fully saturated rings. The summed E-state index contributed by atoms with van der Waals surface area (Å²) < 4.78 is 22.0. The van der Waals surface area contributed by atoms with Crippen LogP contribution in [0.4, 0.5) is 0 Å². The molecule has 0 aliphatic heterocycles. The predicted molar refractivity (Wildman–Crippen MR) is 70.8 cm³/mol. The number of hydrogen-bond donors (Lipinski definition) is 2. The minimum Gasteiger partial charge on any atom is -0.370 e. The lowest BCUT2D eigenvalue weighted by Crippen LogP contribution is -2.40. The lowest BCUT2D eigenvalue weighted by molar-refractivity contribution is 0.315. The molecule has 0 spiro atoms. The highest BCUT2D eigenvalue weighted by molar-refractivity contribution is 7.92. The first-order chi connectivity index (χ1) is 7.72. The highest BCUT2D eigenvalue weighted by atomic mass is 32.2. The number of nitrogens with one attached hydrogen (secondary N) is 1. The summed E-state index contributed by atoms with van der Waals surface area (Å²) in [6.07, 6.45) is 5.01. The molecule has 0 saturated heterocycles. The van der Waals surface area contributed by atoms with Crippen LogP contribution < -0.4 is 11.1 Å². The topological polar surface area (TPSA) is 84.5 Å². The van der Waals surface area contributed by atoms with Gasteiger partial charge < -0.3 is 11.1 Å². The molecule has 0 atom stereocenters. The molecular weight excluding hydrogens is 238 g/mol. The highest BCUT2D eigenvalue weighted by Gasteiger charge is 2.29. The smallest absolute Gasteiger partial charge is 0.188 e. The predicted octanol–water partition coefficient (Wildman–Crippen LogP) is 0.514. The van der Waals surface area contributed by atoms with Gasteiger partial charge in [0.1, 0.15) is 0 Å². The van der Waals surface area contributed by atoms with Crippen LogP contribution in [0.3, 0.4) is 0 Å². The molecule has 1 saturated carbocycles. The Balaban J connectivity index is 2.40. The standard InChI is InChI=1S/C11H23N3O2S/c1-11(2,17(3,15)16)8-14-10(12)13-7-9-5-4-6-9/h9H,4-8H2,1-3H3,(H3,12,13,14). The summed E-state index contributed by atoms with van der Waals surface area (Å²) in [5.41, 5.74) is 5.70. The first-order valence-electron chi connectivity index (χ1n) is 5.96. The molecule has 0 aromatic rings. The van der Waals surface area contributed by atoms with Crippen molar-refractivity contribution in [1.29, 1.82) is 0 Å². The molecule has 0 aromatic carbocycles. The van der Waals surface area contributed by atoms with E-state index in [9.17, 15) is 8.42 Å². The Morgan fingerprint density at radius 2 is 2.06 bits per heavy atom. The summed E-state index contributed by atoms with van der Waals surface area (Å²) >= 11 is 0. The molecule has 1 aliphatic carbocycles. The zero-order valence-corrected chi connectivity index (χ0v) is 11.7. The van der Waals surface area contributed by atoms with E-state index in [1.807, 2.05) is 0 Å². The summed E-state index contributed by atoms with van der Waals surface area (Å²) in [5.74, 6) is 1.04. The van der Waals surface area contributed by atoms with Crippen LogP contribution in [0.5, 0.6) is 0 Å². The Morgan fingerprint density at radius 1 is 1.47 bits per heavy atom. The van der Waals surface area contributed by atoms with E-state index in [4.69, 9.17) is 5.73 Å². The number of nitrogens with two attached hydrogens (primary N) is 1. The molecule has 5 nitrogen and oxygen atoms in total. The van der Waals surface area contributed by atoms with Gasteiger partial charge in [-0.25, -0.2) is 8.42 Å². The number of sulfone groups is 1. The van der Waals surface area contributed by atoms with Crippen molar-refractivity contribution in [1.82, 2.24) is 5.32 Å². The van der Waals surface area contributed by atoms with Crippen molar-refractivity contribution in [2.45, 2.75) is 37.9 Å². The number of nitrogens with zero attached hydrogens (tertiary/aromatic N) is 1. The van der Waals surface area contributed by atoms with Gasteiger partial charge in [-0.1, -0.05) is 6.42 Å². The van der Waals surface area contributed by atoms with Gasteiger partial charge in [0.2, 0.25) is 0 Å². The minimum atomic E-state index is -3.11. The van der Waals surface area contributed by atoms with E-state index in [1.165, 1.54) is 25.5 Å². The second kappa shape index (κ2) is 5.25. The average molecular weight is 261 g/mol. The molecule has 0 aromatic heterocycles. The Labute approximate surface area is 104 Å². The first-order valence-corrected chi connectivity index (χ1v) is 7.85. The largest absolute Gasteiger partial charge is 0.370 e. The summed E-state index contributed by atoms with van der Waals surface area (Å²) in [6.45, 7) is 4.35. The molecule has 0 unspecified atom stereocenters. The fourth-order valence-electron chi connectivity index (χ4n) is 1.39. The zero-order valence-electron chi connectivity index (χ0n) is 10.9. The van der Waals surface area contributed by atoms with Gasteiger partial charge in [-0.15, -0.1) is 0 Å². The summed E-state index contributed by atoms with van der Waals surface area (Å²) in [4.78, 5) is 4.10. The maximum atomic E-state index is 11.5. The zero-order chi connectivity index (χ0) is 13.1. The van der Waals surface area contributed by atoms with Crippen LogP contribution in [0.15, 0.2) is 4.99 Å². The van der Waals surface area contributed by atoms with Crippen molar-refractivity contribution in [3.05, 3.63) is 0 Å². The molecule has 100 valence electrons. The SMILES string of the molecule is CC(C)(CN=C(N)NCC1CCC1)S(C)(=O)=O. The Hall–Kier alpha value is -0.780. The Morgan fingerprint density at radius 3 is 2.47 bits per heavy atom. The maximum Gasteiger partial charge on any atom is 0.188 e. The van der Waals surface area contributed by atoms with E-state index < -0.39 is 14.6 Å². The van der Waals surface area contributed by atoms with Crippen molar-refractivity contribution >= 4 is 15.8 Å². The fraction of sp³-hybridized carbons (Fsp3) is 0.909. The third-order valence-corrected chi connectivity index (χ3v) is 5.57. The van der Waals surface area contributed by atoms with Gasteiger partial charge in [-0.05, 0) is 32.6 Å². The van der Waals surface area contributed by atoms with Gasteiger partial charge in [0, 0.05) is 12.8 Å². The van der Waals surface area contributed by atoms with Crippen molar-refractivity contribution in [2.24, 2.45) is 16.6 Å². The molecular formula is C11H23N3O2S. The minimum absolute atomic E-state index is 0.190. The normalized spacial score (nSPS) is 18.9. The van der Waals surface area contributed by atoms with E-state index >= 15 is 0 Å². The van der Waals surface area contributed by atoms with Gasteiger partial charge >= 0.3 is 0 Å². The van der Waals surface area contributed by atoms with Crippen LogP contribution in [0, 0.1) is 5.92 Å². The lowest BCUT2D eigenvalue weighted by Gasteiger charge is -2.26. The van der Waals surface area contributed by atoms with Crippen molar-refractivity contribution in [3.8, 4) is 0 Å². The number of rotatable bonds is 5. The van der Waals surface area contributed by atoms with E-state index in [1.54, 1.807) is 13.8 Å². The summed E-state index contributed by atoms with van der Waals surface area (Å²) in [6, 6.07) is 0. The van der Waals surface area contributed by atoms with Gasteiger partial charge in [-0.3, -0.25) is 4.99 Å². The number of aliphatic imine (C=N–C) groups is 1.